The Morgan fingerprint density at radius 3 is 1.89 bits per heavy atom. The topological polar surface area (TPSA) is 0 Å². The molecule has 98 valence electrons. The highest BCUT2D eigenvalue weighted by atomic mass is 14.1. The SMILES string of the molecule is C=C(c1ccc(C)cc1)c1ccc(C(C)CC)cc1. The van der Waals surface area contributed by atoms with E-state index in [0.29, 0.717) is 5.92 Å². The van der Waals surface area contributed by atoms with Crippen LogP contribution in [0.2, 0.25) is 0 Å². The lowest BCUT2D eigenvalue weighted by Gasteiger charge is -2.11. The first-order valence-corrected chi connectivity index (χ1v) is 6.98. The van der Waals surface area contributed by atoms with Crippen molar-refractivity contribution in [3.63, 3.8) is 0 Å². The first kappa shape index (κ1) is 13.6. The van der Waals surface area contributed by atoms with Crippen LogP contribution in [0, 0.1) is 6.92 Å². The molecule has 0 fully saturated rings. The van der Waals surface area contributed by atoms with Gasteiger partial charge in [0.2, 0.25) is 0 Å². The Morgan fingerprint density at radius 2 is 1.42 bits per heavy atom. The lowest BCUT2D eigenvalue weighted by atomic mass is 9.94. The van der Waals surface area contributed by atoms with Gasteiger partial charge in [-0.1, -0.05) is 74.5 Å². The van der Waals surface area contributed by atoms with E-state index in [9.17, 15) is 0 Å². The Morgan fingerprint density at radius 1 is 0.947 bits per heavy atom. The minimum atomic E-state index is 0.627. The van der Waals surface area contributed by atoms with Gasteiger partial charge in [-0.05, 0) is 41.5 Å². The Labute approximate surface area is 116 Å². The second-order valence-electron chi connectivity index (χ2n) is 5.28. The van der Waals surface area contributed by atoms with Crippen LogP contribution in [0.15, 0.2) is 55.1 Å². The fourth-order valence-corrected chi connectivity index (χ4v) is 2.17. The van der Waals surface area contributed by atoms with Gasteiger partial charge in [-0.3, -0.25) is 0 Å². The lowest BCUT2D eigenvalue weighted by molar-refractivity contribution is 0.733. The van der Waals surface area contributed by atoms with E-state index in [0.717, 1.165) is 5.57 Å². The maximum absolute atomic E-state index is 4.22. The molecule has 0 heterocycles. The number of hydrogen-bond donors (Lipinski definition) is 0. The van der Waals surface area contributed by atoms with Gasteiger partial charge in [0, 0.05) is 0 Å². The number of hydrogen-bond acceptors (Lipinski definition) is 0. The number of rotatable bonds is 4. The van der Waals surface area contributed by atoms with E-state index in [1.807, 2.05) is 0 Å². The molecule has 0 heteroatoms. The van der Waals surface area contributed by atoms with Gasteiger partial charge < -0.3 is 0 Å². The molecule has 0 radical (unpaired) electrons. The van der Waals surface area contributed by atoms with Crippen LogP contribution in [0.5, 0.6) is 0 Å². The van der Waals surface area contributed by atoms with E-state index in [-0.39, 0.29) is 0 Å². The molecule has 0 aromatic heterocycles. The summed E-state index contributed by atoms with van der Waals surface area (Å²) >= 11 is 0. The van der Waals surface area contributed by atoms with Crippen LogP contribution in [0.1, 0.15) is 48.4 Å². The maximum atomic E-state index is 4.22. The molecule has 0 nitrogen and oxygen atoms in total. The molecule has 0 N–H and O–H groups in total. The normalized spacial score (nSPS) is 12.2. The van der Waals surface area contributed by atoms with Gasteiger partial charge in [-0.2, -0.15) is 0 Å². The second kappa shape index (κ2) is 5.88. The zero-order valence-electron chi connectivity index (χ0n) is 12.1. The van der Waals surface area contributed by atoms with Crippen molar-refractivity contribution < 1.29 is 0 Å². The predicted octanol–water partition coefficient (Wildman–Crippen LogP) is 5.57. The van der Waals surface area contributed by atoms with Gasteiger partial charge in [0.25, 0.3) is 0 Å². The molecule has 0 aliphatic carbocycles. The molecule has 0 saturated heterocycles. The first-order chi connectivity index (χ1) is 9.11. The van der Waals surface area contributed by atoms with E-state index in [1.54, 1.807) is 0 Å². The van der Waals surface area contributed by atoms with E-state index >= 15 is 0 Å². The molecule has 19 heavy (non-hydrogen) atoms. The van der Waals surface area contributed by atoms with Crippen LogP contribution < -0.4 is 0 Å². The molecule has 2 aromatic carbocycles. The summed E-state index contributed by atoms with van der Waals surface area (Å²) in [5.74, 6) is 0.627. The van der Waals surface area contributed by atoms with Gasteiger partial charge in [-0.25, -0.2) is 0 Å². The molecule has 2 rings (SSSR count). The van der Waals surface area contributed by atoms with Crippen LogP contribution in [0.3, 0.4) is 0 Å². The lowest BCUT2D eigenvalue weighted by Crippen LogP contribution is -1.92. The van der Waals surface area contributed by atoms with Crippen molar-refractivity contribution in [3.8, 4) is 0 Å². The number of aryl methyl sites for hydroxylation is 1. The van der Waals surface area contributed by atoms with E-state index in [2.05, 4.69) is 75.9 Å². The highest BCUT2D eigenvalue weighted by Crippen LogP contribution is 2.25. The Bertz CT molecular complexity index is 544. The average Bonchev–Trinajstić information content (AvgIpc) is 2.46. The standard InChI is InChI=1S/C19H22/c1-5-15(3)17-10-12-19(13-11-17)16(4)18-8-6-14(2)7-9-18/h6-13,15H,4-5H2,1-3H3. The summed E-state index contributed by atoms with van der Waals surface area (Å²) in [5, 5.41) is 0. The van der Waals surface area contributed by atoms with Gasteiger partial charge in [0.1, 0.15) is 0 Å². The van der Waals surface area contributed by atoms with E-state index in [4.69, 9.17) is 0 Å². The van der Waals surface area contributed by atoms with Crippen molar-refractivity contribution in [2.45, 2.75) is 33.1 Å². The molecule has 0 spiro atoms. The molecular formula is C19H22. The van der Waals surface area contributed by atoms with Crippen LogP contribution >= 0.6 is 0 Å². The fraction of sp³-hybridized carbons (Fsp3) is 0.263. The van der Waals surface area contributed by atoms with Gasteiger partial charge in [-0.15, -0.1) is 0 Å². The summed E-state index contributed by atoms with van der Waals surface area (Å²) in [6.07, 6.45) is 1.18. The van der Waals surface area contributed by atoms with Crippen molar-refractivity contribution in [1.29, 1.82) is 0 Å². The predicted molar refractivity (Wildman–Crippen MR) is 84.5 cm³/mol. The molecule has 1 atom stereocenters. The third-order valence-corrected chi connectivity index (χ3v) is 3.84. The molecule has 1 unspecified atom stereocenters. The van der Waals surface area contributed by atoms with Crippen molar-refractivity contribution in [1.82, 2.24) is 0 Å². The average molecular weight is 250 g/mol. The summed E-state index contributed by atoms with van der Waals surface area (Å²) < 4.78 is 0. The minimum Gasteiger partial charge on any atom is -0.0906 e. The third kappa shape index (κ3) is 3.14. The quantitative estimate of drug-likeness (QED) is 0.665. The molecule has 0 aliphatic heterocycles. The van der Waals surface area contributed by atoms with Gasteiger partial charge in [0.05, 0.1) is 0 Å². The highest BCUT2D eigenvalue weighted by molar-refractivity contribution is 5.78. The molecule has 0 amide bonds. The number of benzene rings is 2. The second-order valence-corrected chi connectivity index (χ2v) is 5.28. The zero-order chi connectivity index (χ0) is 13.8. The third-order valence-electron chi connectivity index (χ3n) is 3.84. The monoisotopic (exact) mass is 250 g/mol. The summed E-state index contributed by atoms with van der Waals surface area (Å²) in [6, 6.07) is 17.4. The molecule has 0 bridgehead atoms. The van der Waals surface area contributed by atoms with Gasteiger partial charge >= 0.3 is 0 Å². The van der Waals surface area contributed by atoms with Crippen molar-refractivity contribution >= 4 is 5.57 Å². The van der Waals surface area contributed by atoms with Gasteiger partial charge in [0.15, 0.2) is 0 Å². The summed E-state index contributed by atoms with van der Waals surface area (Å²) in [4.78, 5) is 0. The summed E-state index contributed by atoms with van der Waals surface area (Å²) in [7, 11) is 0. The van der Waals surface area contributed by atoms with Crippen LogP contribution in [-0.4, -0.2) is 0 Å². The van der Waals surface area contributed by atoms with Crippen LogP contribution in [0.25, 0.3) is 5.57 Å². The van der Waals surface area contributed by atoms with Crippen LogP contribution in [0.4, 0.5) is 0 Å². The van der Waals surface area contributed by atoms with E-state index in [1.165, 1.54) is 28.7 Å². The highest BCUT2D eigenvalue weighted by Gasteiger charge is 2.05. The van der Waals surface area contributed by atoms with Crippen molar-refractivity contribution in [2.24, 2.45) is 0 Å². The first-order valence-electron chi connectivity index (χ1n) is 6.98. The summed E-state index contributed by atoms with van der Waals surface area (Å²) in [5.41, 5.74) is 6.18. The molecule has 2 aromatic rings. The van der Waals surface area contributed by atoms with Crippen LogP contribution in [-0.2, 0) is 0 Å². The van der Waals surface area contributed by atoms with Crippen molar-refractivity contribution in [3.05, 3.63) is 77.4 Å². The minimum absolute atomic E-state index is 0.627. The fourth-order valence-electron chi connectivity index (χ4n) is 2.17. The Kier molecular flexibility index (Phi) is 4.21. The maximum Gasteiger partial charge on any atom is -0.0183 e. The zero-order valence-corrected chi connectivity index (χ0v) is 12.1. The summed E-state index contributed by atoms with van der Waals surface area (Å²) in [6.45, 7) is 10.8. The Hall–Kier alpha value is -1.82. The largest absolute Gasteiger partial charge is 0.0906 e. The molecule has 0 saturated carbocycles. The Balaban J connectivity index is 2.22. The smallest absolute Gasteiger partial charge is 0.0183 e. The molecular weight excluding hydrogens is 228 g/mol. The van der Waals surface area contributed by atoms with Crippen molar-refractivity contribution in [2.75, 3.05) is 0 Å². The van der Waals surface area contributed by atoms with E-state index < -0.39 is 0 Å². The molecule has 0 aliphatic rings.